The maximum Gasteiger partial charge on any atom is 0.239 e. The molecule has 2 fully saturated rings. The van der Waals surface area contributed by atoms with Crippen molar-refractivity contribution in [2.45, 2.75) is 39.0 Å². The molecule has 0 aromatic rings. The molecule has 2 unspecified atom stereocenters. The highest BCUT2D eigenvalue weighted by molar-refractivity contribution is 5.82. The fourth-order valence-corrected chi connectivity index (χ4v) is 2.64. The van der Waals surface area contributed by atoms with Gasteiger partial charge < -0.3 is 15.0 Å². The smallest absolute Gasteiger partial charge is 0.239 e. The average molecular weight is 255 g/mol. The lowest BCUT2D eigenvalue weighted by molar-refractivity contribution is -0.139. The SMILES string of the molecule is CC1NCCN(CC2CN(C(C)C)CCO2)C1=O. The zero-order valence-electron chi connectivity index (χ0n) is 11.7. The van der Waals surface area contributed by atoms with Crippen molar-refractivity contribution in [3.05, 3.63) is 0 Å². The summed E-state index contributed by atoms with van der Waals surface area (Å²) in [5.74, 6) is 0.200. The molecule has 0 bridgehead atoms. The summed E-state index contributed by atoms with van der Waals surface area (Å²) >= 11 is 0. The minimum atomic E-state index is -0.0523. The van der Waals surface area contributed by atoms with E-state index >= 15 is 0 Å². The topological polar surface area (TPSA) is 44.8 Å². The zero-order chi connectivity index (χ0) is 13.1. The first-order chi connectivity index (χ1) is 8.58. The van der Waals surface area contributed by atoms with Crippen molar-refractivity contribution < 1.29 is 9.53 Å². The van der Waals surface area contributed by atoms with E-state index in [-0.39, 0.29) is 18.1 Å². The van der Waals surface area contributed by atoms with Gasteiger partial charge in [-0.3, -0.25) is 9.69 Å². The highest BCUT2D eigenvalue weighted by atomic mass is 16.5. The molecule has 0 saturated carbocycles. The normalized spacial score (nSPS) is 31.1. The van der Waals surface area contributed by atoms with Gasteiger partial charge in [-0.05, 0) is 20.8 Å². The lowest BCUT2D eigenvalue weighted by Gasteiger charge is -2.39. The number of carbonyl (C=O) groups excluding carboxylic acids is 1. The van der Waals surface area contributed by atoms with E-state index in [4.69, 9.17) is 4.74 Å². The fourth-order valence-electron chi connectivity index (χ4n) is 2.64. The zero-order valence-corrected chi connectivity index (χ0v) is 11.7. The molecule has 0 radical (unpaired) electrons. The maximum atomic E-state index is 12.0. The van der Waals surface area contributed by atoms with Gasteiger partial charge in [-0.25, -0.2) is 0 Å². The maximum absolute atomic E-state index is 12.0. The molecule has 2 aliphatic heterocycles. The highest BCUT2D eigenvalue weighted by Gasteiger charge is 2.29. The van der Waals surface area contributed by atoms with Crippen molar-refractivity contribution in [2.75, 3.05) is 39.3 Å². The monoisotopic (exact) mass is 255 g/mol. The third kappa shape index (κ3) is 3.22. The van der Waals surface area contributed by atoms with Crippen LogP contribution in [0.1, 0.15) is 20.8 Å². The molecule has 5 heteroatoms. The number of nitrogens with zero attached hydrogens (tertiary/aromatic N) is 2. The molecule has 104 valence electrons. The number of morpholine rings is 1. The molecule has 0 spiro atoms. The van der Waals surface area contributed by atoms with Crippen LogP contribution in [0.5, 0.6) is 0 Å². The third-order valence-electron chi connectivity index (χ3n) is 3.84. The average Bonchev–Trinajstić information content (AvgIpc) is 2.35. The molecule has 1 amide bonds. The minimum Gasteiger partial charge on any atom is -0.374 e. The standard InChI is InChI=1S/C13H25N3O2/c1-10(2)15-6-7-18-12(8-15)9-16-5-4-14-11(3)13(16)17/h10-12,14H,4-9H2,1-3H3. The Balaban J connectivity index is 1.86. The summed E-state index contributed by atoms with van der Waals surface area (Å²) in [5, 5.41) is 3.18. The summed E-state index contributed by atoms with van der Waals surface area (Å²) < 4.78 is 5.79. The summed E-state index contributed by atoms with van der Waals surface area (Å²) in [6.07, 6.45) is 0.162. The first kappa shape index (κ1) is 13.8. The van der Waals surface area contributed by atoms with E-state index in [9.17, 15) is 4.79 Å². The summed E-state index contributed by atoms with van der Waals surface area (Å²) in [7, 11) is 0. The Morgan fingerprint density at radius 2 is 2.22 bits per heavy atom. The van der Waals surface area contributed by atoms with Crippen LogP contribution >= 0.6 is 0 Å². The van der Waals surface area contributed by atoms with Crippen LogP contribution in [0.25, 0.3) is 0 Å². The molecule has 0 aliphatic carbocycles. The predicted octanol–water partition coefficient (Wildman–Crippen LogP) is -0.0841. The molecule has 2 rings (SSSR count). The van der Waals surface area contributed by atoms with E-state index in [1.54, 1.807) is 0 Å². The minimum absolute atomic E-state index is 0.0523. The quantitative estimate of drug-likeness (QED) is 0.766. The number of piperazine rings is 1. The van der Waals surface area contributed by atoms with Gasteiger partial charge in [0.15, 0.2) is 0 Å². The van der Waals surface area contributed by atoms with E-state index in [1.165, 1.54) is 0 Å². The van der Waals surface area contributed by atoms with Crippen LogP contribution in [-0.4, -0.2) is 73.2 Å². The lowest BCUT2D eigenvalue weighted by Crippen LogP contribution is -2.57. The molecule has 2 aliphatic rings. The van der Waals surface area contributed by atoms with Gasteiger partial charge in [0.05, 0.1) is 18.8 Å². The van der Waals surface area contributed by atoms with Crippen LogP contribution in [0, 0.1) is 0 Å². The van der Waals surface area contributed by atoms with Crippen molar-refractivity contribution >= 4 is 5.91 Å². The molecule has 2 atom stereocenters. The van der Waals surface area contributed by atoms with E-state index in [0.717, 1.165) is 39.3 Å². The summed E-state index contributed by atoms with van der Waals surface area (Å²) in [4.78, 5) is 16.4. The van der Waals surface area contributed by atoms with Crippen molar-refractivity contribution in [1.82, 2.24) is 15.1 Å². The number of hydrogen-bond donors (Lipinski definition) is 1. The molecule has 0 aromatic heterocycles. The second-order valence-electron chi connectivity index (χ2n) is 5.54. The van der Waals surface area contributed by atoms with Gasteiger partial charge >= 0.3 is 0 Å². The Hall–Kier alpha value is -0.650. The van der Waals surface area contributed by atoms with Gasteiger partial charge in [-0.2, -0.15) is 0 Å². The number of rotatable bonds is 3. The van der Waals surface area contributed by atoms with Crippen molar-refractivity contribution in [1.29, 1.82) is 0 Å². The van der Waals surface area contributed by atoms with Crippen LogP contribution in [0.15, 0.2) is 0 Å². The summed E-state index contributed by atoms with van der Waals surface area (Å²) in [5.41, 5.74) is 0. The molecule has 2 heterocycles. The van der Waals surface area contributed by atoms with Crippen LogP contribution < -0.4 is 5.32 Å². The Kier molecular flexibility index (Phi) is 4.59. The van der Waals surface area contributed by atoms with Crippen LogP contribution in [0.4, 0.5) is 0 Å². The second-order valence-corrected chi connectivity index (χ2v) is 5.54. The fraction of sp³-hybridized carbons (Fsp3) is 0.923. The second kappa shape index (κ2) is 5.99. The van der Waals surface area contributed by atoms with E-state index in [2.05, 4.69) is 24.1 Å². The molecule has 1 N–H and O–H groups in total. The first-order valence-corrected chi connectivity index (χ1v) is 6.95. The summed E-state index contributed by atoms with van der Waals surface area (Å²) in [6, 6.07) is 0.498. The van der Waals surface area contributed by atoms with E-state index in [1.807, 2.05) is 11.8 Å². The number of nitrogens with one attached hydrogen (secondary N) is 1. The van der Waals surface area contributed by atoms with Crippen LogP contribution in [0.2, 0.25) is 0 Å². The number of amides is 1. The van der Waals surface area contributed by atoms with Gasteiger partial charge in [0.2, 0.25) is 5.91 Å². The molecule has 5 nitrogen and oxygen atoms in total. The molecular weight excluding hydrogens is 230 g/mol. The number of carbonyl (C=O) groups is 1. The summed E-state index contributed by atoms with van der Waals surface area (Å²) in [6.45, 7) is 11.5. The van der Waals surface area contributed by atoms with Crippen LogP contribution in [-0.2, 0) is 9.53 Å². The molecule has 2 saturated heterocycles. The first-order valence-electron chi connectivity index (χ1n) is 6.95. The lowest BCUT2D eigenvalue weighted by atomic mass is 10.1. The number of ether oxygens (including phenoxy) is 1. The third-order valence-corrected chi connectivity index (χ3v) is 3.84. The van der Waals surface area contributed by atoms with E-state index in [0.29, 0.717) is 6.04 Å². The van der Waals surface area contributed by atoms with Gasteiger partial charge in [-0.1, -0.05) is 0 Å². The Bertz CT molecular complexity index is 296. The predicted molar refractivity (Wildman–Crippen MR) is 70.5 cm³/mol. The molecular formula is C13H25N3O2. The van der Waals surface area contributed by atoms with E-state index < -0.39 is 0 Å². The van der Waals surface area contributed by atoms with Gasteiger partial charge in [-0.15, -0.1) is 0 Å². The Labute approximate surface area is 109 Å². The molecule has 18 heavy (non-hydrogen) atoms. The largest absolute Gasteiger partial charge is 0.374 e. The Morgan fingerprint density at radius 3 is 2.94 bits per heavy atom. The number of hydrogen-bond acceptors (Lipinski definition) is 4. The van der Waals surface area contributed by atoms with Crippen molar-refractivity contribution in [3.8, 4) is 0 Å². The Morgan fingerprint density at radius 1 is 1.44 bits per heavy atom. The van der Waals surface area contributed by atoms with Gasteiger partial charge in [0.1, 0.15) is 0 Å². The van der Waals surface area contributed by atoms with Gasteiger partial charge in [0, 0.05) is 38.8 Å². The van der Waals surface area contributed by atoms with Crippen LogP contribution in [0.3, 0.4) is 0 Å². The molecule has 0 aromatic carbocycles. The highest BCUT2D eigenvalue weighted by Crippen LogP contribution is 2.11. The van der Waals surface area contributed by atoms with Crippen molar-refractivity contribution in [2.24, 2.45) is 0 Å². The van der Waals surface area contributed by atoms with Gasteiger partial charge in [0.25, 0.3) is 0 Å². The van der Waals surface area contributed by atoms with Crippen molar-refractivity contribution in [3.63, 3.8) is 0 Å².